The van der Waals surface area contributed by atoms with Gasteiger partial charge in [-0.15, -0.1) is 0 Å². The van der Waals surface area contributed by atoms with E-state index < -0.39 is 0 Å². The molecule has 0 aliphatic carbocycles. The summed E-state index contributed by atoms with van der Waals surface area (Å²) in [6.07, 6.45) is 7.05. The molecule has 18 heavy (non-hydrogen) atoms. The van der Waals surface area contributed by atoms with E-state index >= 15 is 0 Å². The Morgan fingerprint density at radius 1 is 1.28 bits per heavy atom. The zero-order valence-electron chi connectivity index (χ0n) is 10.4. The summed E-state index contributed by atoms with van der Waals surface area (Å²) >= 11 is 0. The van der Waals surface area contributed by atoms with Gasteiger partial charge in [0.2, 0.25) is 0 Å². The van der Waals surface area contributed by atoms with Gasteiger partial charge >= 0.3 is 0 Å². The van der Waals surface area contributed by atoms with Crippen molar-refractivity contribution in [1.29, 1.82) is 0 Å². The number of allylic oxidation sites excluding steroid dienone is 1. The van der Waals surface area contributed by atoms with Crippen molar-refractivity contribution in [3.05, 3.63) is 42.1 Å². The van der Waals surface area contributed by atoms with Crippen LogP contribution in [0, 0.1) is 0 Å². The molecule has 1 aliphatic rings. The Hall–Kier alpha value is -2.10. The summed E-state index contributed by atoms with van der Waals surface area (Å²) in [5.41, 5.74) is 1.61. The molecule has 2 N–H and O–H groups in total. The molecule has 1 aliphatic heterocycles. The van der Waals surface area contributed by atoms with Crippen molar-refractivity contribution < 1.29 is 4.79 Å². The third-order valence-electron chi connectivity index (χ3n) is 2.78. The summed E-state index contributed by atoms with van der Waals surface area (Å²) in [5, 5.41) is 5.87. The van der Waals surface area contributed by atoms with Gasteiger partial charge in [-0.25, -0.2) is 4.99 Å². The average Bonchev–Trinajstić information content (AvgIpc) is 2.67. The standard InChI is InChI=1S/C14H17N3O/c1-15-14(18)11-6-8-12(9-7-11)17-13-5-3-2-4-10-16-13/h4,6-10H,2-3,5H2,1H3,(H,15,18)(H,16,17). The Morgan fingerprint density at radius 2 is 2.06 bits per heavy atom. The minimum atomic E-state index is -0.0729. The van der Waals surface area contributed by atoms with E-state index in [0.29, 0.717) is 5.56 Å². The van der Waals surface area contributed by atoms with E-state index in [4.69, 9.17) is 0 Å². The number of anilines is 1. The molecule has 0 spiro atoms. The molecular weight excluding hydrogens is 226 g/mol. The van der Waals surface area contributed by atoms with Gasteiger partial charge in [0.1, 0.15) is 5.84 Å². The van der Waals surface area contributed by atoms with E-state index in [-0.39, 0.29) is 5.91 Å². The van der Waals surface area contributed by atoms with Crippen molar-refractivity contribution in [2.24, 2.45) is 4.99 Å². The summed E-state index contributed by atoms with van der Waals surface area (Å²) < 4.78 is 0. The summed E-state index contributed by atoms with van der Waals surface area (Å²) in [5.74, 6) is 0.896. The number of amidine groups is 1. The number of nitrogens with zero attached hydrogens (tertiary/aromatic N) is 1. The first kappa shape index (κ1) is 12.4. The molecule has 94 valence electrons. The van der Waals surface area contributed by atoms with Crippen molar-refractivity contribution in [3.8, 4) is 0 Å². The van der Waals surface area contributed by atoms with E-state index in [0.717, 1.165) is 30.8 Å². The second-order valence-electron chi connectivity index (χ2n) is 4.13. The van der Waals surface area contributed by atoms with Crippen LogP contribution in [-0.4, -0.2) is 18.8 Å². The maximum atomic E-state index is 11.4. The molecule has 1 aromatic rings. The SMILES string of the molecule is CNC(=O)c1ccc(NC2=NC=CCCC2)cc1. The fraction of sp³-hybridized carbons (Fsp3) is 0.286. The third-order valence-corrected chi connectivity index (χ3v) is 2.78. The van der Waals surface area contributed by atoms with Gasteiger partial charge in [0.15, 0.2) is 0 Å². The molecule has 0 fully saturated rings. The highest BCUT2D eigenvalue weighted by atomic mass is 16.1. The predicted octanol–water partition coefficient (Wildman–Crippen LogP) is 2.55. The lowest BCUT2D eigenvalue weighted by molar-refractivity contribution is 0.0963. The van der Waals surface area contributed by atoms with Crippen LogP contribution < -0.4 is 10.6 Å². The summed E-state index contributed by atoms with van der Waals surface area (Å²) in [6.45, 7) is 0. The van der Waals surface area contributed by atoms with Gasteiger partial charge in [-0.3, -0.25) is 4.79 Å². The number of carbonyl (C=O) groups excluding carboxylic acids is 1. The van der Waals surface area contributed by atoms with Gasteiger partial charge in [0.25, 0.3) is 5.91 Å². The molecule has 0 unspecified atom stereocenters. The summed E-state index contributed by atoms with van der Waals surface area (Å²) in [6, 6.07) is 7.38. The number of amides is 1. The van der Waals surface area contributed by atoms with E-state index in [1.807, 2.05) is 18.3 Å². The van der Waals surface area contributed by atoms with E-state index in [9.17, 15) is 4.79 Å². The van der Waals surface area contributed by atoms with E-state index in [1.165, 1.54) is 0 Å². The predicted molar refractivity (Wildman–Crippen MR) is 73.9 cm³/mol. The summed E-state index contributed by atoms with van der Waals surface area (Å²) in [7, 11) is 1.63. The zero-order chi connectivity index (χ0) is 12.8. The van der Waals surface area contributed by atoms with E-state index in [1.54, 1.807) is 19.2 Å². The van der Waals surface area contributed by atoms with Crippen LogP contribution >= 0.6 is 0 Å². The van der Waals surface area contributed by atoms with Crippen LogP contribution in [0.1, 0.15) is 29.6 Å². The Morgan fingerprint density at radius 3 is 2.78 bits per heavy atom. The van der Waals surface area contributed by atoms with Crippen molar-refractivity contribution in [3.63, 3.8) is 0 Å². The van der Waals surface area contributed by atoms with Crippen LogP contribution in [0.5, 0.6) is 0 Å². The van der Waals surface area contributed by atoms with Crippen LogP contribution in [0.15, 0.2) is 41.5 Å². The second-order valence-corrected chi connectivity index (χ2v) is 4.13. The molecule has 4 heteroatoms. The minimum Gasteiger partial charge on any atom is -0.355 e. The average molecular weight is 243 g/mol. The van der Waals surface area contributed by atoms with Crippen LogP contribution in [0.2, 0.25) is 0 Å². The van der Waals surface area contributed by atoms with Gasteiger partial charge in [0.05, 0.1) is 0 Å². The number of hydrogen-bond donors (Lipinski definition) is 2. The van der Waals surface area contributed by atoms with Crippen molar-refractivity contribution in [1.82, 2.24) is 5.32 Å². The number of nitrogens with one attached hydrogen (secondary N) is 2. The monoisotopic (exact) mass is 243 g/mol. The molecule has 0 bridgehead atoms. The van der Waals surface area contributed by atoms with Crippen molar-refractivity contribution in [2.75, 3.05) is 12.4 Å². The third kappa shape index (κ3) is 3.20. The van der Waals surface area contributed by atoms with Crippen LogP contribution in [-0.2, 0) is 0 Å². The Labute approximate surface area is 107 Å². The van der Waals surface area contributed by atoms with Gasteiger partial charge in [0, 0.05) is 30.9 Å². The molecule has 0 aromatic heterocycles. The lowest BCUT2D eigenvalue weighted by Crippen LogP contribution is -2.17. The first-order valence-corrected chi connectivity index (χ1v) is 6.10. The highest BCUT2D eigenvalue weighted by Gasteiger charge is 2.04. The lowest BCUT2D eigenvalue weighted by atomic mass is 10.2. The first-order chi connectivity index (χ1) is 8.79. The van der Waals surface area contributed by atoms with Gasteiger partial charge in [-0.1, -0.05) is 6.08 Å². The Bertz CT molecular complexity index is 474. The van der Waals surface area contributed by atoms with Gasteiger partial charge in [-0.2, -0.15) is 0 Å². The Balaban J connectivity index is 2.04. The second kappa shape index (κ2) is 6.00. The van der Waals surface area contributed by atoms with Crippen molar-refractivity contribution in [2.45, 2.75) is 19.3 Å². The molecule has 0 saturated carbocycles. The smallest absolute Gasteiger partial charge is 0.251 e. The summed E-state index contributed by atoms with van der Waals surface area (Å²) in [4.78, 5) is 15.7. The van der Waals surface area contributed by atoms with Crippen LogP contribution in [0.3, 0.4) is 0 Å². The Kier molecular flexibility index (Phi) is 4.12. The highest BCUT2D eigenvalue weighted by Crippen LogP contribution is 2.12. The molecule has 4 nitrogen and oxygen atoms in total. The lowest BCUT2D eigenvalue weighted by Gasteiger charge is -2.08. The fourth-order valence-electron chi connectivity index (χ4n) is 1.78. The molecular formula is C14H17N3O. The fourth-order valence-corrected chi connectivity index (χ4v) is 1.78. The minimum absolute atomic E-state index is 0.0729. The molecule has 0 saturated heterocycles. The molecule has 0 atom stereocenters. The number of carbonyl (C=O) groups is 1. The maximum Gasteiger partial charge on any atom is 0.251 e. The molecule has 2 rings (SSSR count). The topological polar surface area (TPSA) is 53.5 Å². The van der Waals surface area contributed by atoms with Gasteiger partial charge in [-0.05, 0) is 37.1 Å². The number of aliphatic imine (C=N–C) groups is 1. The molecule has 1 heterocycles. The largest absolute Gasteiger partial charge is 0.355 e. The molecule has 0 radical (unpaired) electrons. The van der Waals surface area contributed by atoms with Crippen LogP contribution in [0.25, 0.3) is 0 Å². The van der Waals surface area contributed by atoms with Crippen molar-refractivity contribution >= 4 is 17.4 Å². The normalized spacial score (nSPS) is 14.6. The maximum absolute atomic E-state index is 11.4. The quantitative estimate of drug-likeness (QED) is 0.838. The zero-order valence-corrected chi connectivity index (χ0v) is 10.4. The molecule has 1 aromatic carbocycles. The molecule has 1 amide bonds. The van der Waals surface area contributed by atoms with Gasteiger partial charge < -0.3 is 10.6 Å². The van der Waals surface area contributed by atoms with E-state index in [2.05, 4.69) is 21.7 Å². The number of benzene rings is 1. The van der Waals surface area contributed by atoms with Crippen LogP contribution in [0.4, 0.5) is 5.69 Å². The number of hydrogen-bond acceptors (Lipinski definition) is 3. The number of rotatable bonds is 2. The first-order valence-electron chi connectivity index (χ1n) is 6.10. The highest BCUT2D eigenvalue weighted by molar-refractivity contribution is 5.97.